The highest BCUT2D eigenvalue weighted by Gasteiger charge is 2.28. The number of carbonyl (C=O) groups is 2. The third-order valence-electron chi connectivity index (χ3n) is 5.23. The van der Waals surface area contributed by atoms with Gasteiger partial charge in [-0.15, -0.1) is 11.3 Å². The summed E-state index contributed by atoms with van der Waals surface area (Å²) < 4.78 is 1.78. The highest BCUT2D eigenvalue weighted by atomic mass is 32.1. The molecule has 7 nitrogen and oxygen atoms in total. The van der Waals surface area contributed by atoms with Gasteiger partial charge >= 0.3 is 0 Å². The monoisotopic (exact) mass is 377 g/mol. The van der Waals surface area contributed by atoms with Crippen LogP contribution in [0.5, 0.6) is 0 Å². The van der Waals surface area contributed by atoms with E-state index in [0.29, 0.717) is 23.9 Å². The van der Waals surface area contributed by atoms with Crippen molar-refractivity contribution in [2.24, 2.45) is 18.7 Å². The topological polar surface area (TPSA) is 93.2 Å². The summed E-state index contributed by atoms with van der Waals surface area (Å²) >= 11 is 1.40. The number of piperidine rings is 1. The fraction of sp³-hybridized carbons (Fsp3) is 0.611. The molecular formula is C18H27N5O2S. The summed E-state index contributed by atoms with van der Waals surface area (Å²) in [6.07, 6.45) is 1.85. The van der Waals surface area contributed by atoms with Crippen LogP contribution in [0.1, 0.15) is 42.1 Å². The number of likely N-dealkylation sites (tertiary alicyclic amines) is 1. The van der Waals surface area contributed by atoms with E-state index in [1.807, 2.05) is 31.9 Å². The minimum absolute atomic E-state index is 0.0274. The lowest BCUT2D eigenvalue weighted by atomic mass is 9.91. The molecule has 2 aromatic rings. The standard InChI is InChI=1S/C18H27N5O2S/c1-10(19)13-5-7-23(8-6-13)17(25)12(3)20-16(24)15-9-14-11(2)21-22(4)18(14)26-15/h9-10,12-13H,5-8,19H2,1-4H3,(H,20,24). The molecule has 1 aliphatic rings. The van der Waals surface area contributed by atoms with Crippen molar-refractivity contribution in [3.8, 4) is 0 Å². The number of hydrogen-bond donors (Lipinski definition) is 2. The second-order valence-corrected chi connectivity index (χ2v) is 8.29. The highest BCUT2D eigenvalue weighted by Crippen LogP contribution is 2.27. The Morgan fingerprint density at radius 3 is 2.58 bits per heavy atom. The van der Waals surface area contributed by atoms with Gasteiger partial charge in [-0.2, -0.15) is 5.10 Å². The normalized spacial score (nSPS) is 18.1. The first-order valence-corrected chi connectivity index (χ1v) is 9.88. The molecule has 3 rings (SSSR count). The molecule has 1 aliphatic heterocycles. The smallest absolute Gasteiger partial charge is 0.262 e. The van der Waals surface area contributed by atoms with Crippen molar-refractivity contribution in [3.05, 3.63) is 16.6 Å². The molecule has 1 saturated heterocycles. The van der Waals surface area contributed by atoms with Gasteiger partial charge in [0, 0.05) is 31.6 Å². The second kappa shape index (κ2) is 7.36. The fourth-order valence-corrected chi connectivity index (χ4v) is 4.59. The number of rotatable bonds is 4. The maximum absolute atomic E-state index is 12.6. The molecule has 0 aromatic carbocycles. The van der Waals surface area contributed by atoms with Crippen molar-refractivity contribution >= 4 is 33.4 Å². The van der Waals surface area contributed by atoms with Gasteiger partial charge in [0.2, 0.25) is 5.91 Å². The minimum Gasteiger partial charge on any atom is -0.341 e. The van der Waals surface area contributed by atoms with E-state index < -0.39 is 6.04 Å². The first-order chi connectivity index (χ1) is 12.3. The van der Waals surface area contributed by atoms with Crippen molar-refractivity contribution < 1.29 is 9.59 Å². The molecule has 0 bridgehead atoms. The molecule has 142 valence electrons. The van der Waals surface area contributed by atoms with Crippen LogP contribution in [0.2, 0.25) is 0 Å². The van der Waals surface area contributed by atoms with Gasteiger partial charge in [0.15, 0.2) is 0 Å². The molecule has 2 amide bonds. The van der Waals surface area contributed by atoms with Crippen LogP contribution in [0, 0.1) is 12.8 Å². The Kier molecular flexibility index (Phi) is 5.34. The number of carbonyl (C=O) groups excluding carboxylic acids is 2. The van der Waals surface area contributed by atoms with Gasteiger partial charge in [-0.05, 0) is 45.6 Å². The summed E-state index contributed by atoms with van der Waals surface area (Å²) in [4.78, 5) is 28.6. The molecule has 2 atom stereocenters. The van der Waals surface area contributed by atoms with Crippen LogP contribution < -0.4 is 11.1 Å². The van der Waals surface area contributed by atoms with Crippen molar-refractivity contribution in [1.29, 1.82) is 0 Å². The van der Waals surface area contributed by atoms with Gasteiger partial charge < -0.3 is 16.0 Å². The number of thiophene rings is 1. The Labute approximate surface area is 157 Å². The zero-order chi connectivity index (χ0) is 19.0. The number of nitrogens with zero attached hydrogens (tertiary/aromatic N) is 3. The lowest BCUT2D eigenvalue weighted by Gasteiger charge is -2.35. The average molecular weight is 378 g/mol. The number of aromatic nitrogens is 2. The number of aryl methyl sites for hydroxylation is 2. The van der Waals surface area contributed by atoms with Crippen LogP contribution in [0.25, 0.3) is 10.2 Å². The summed E-state index contributed by atoms with van der Waals surface area (Å²) in [5, 5.41) is 8.17. The number of nitrogens with two attached hydrogens (primary N) is 1. The fourth-order valence-electron chi connectivity index (χ4n) is 3.57. The summed E-state index contributed by atoms with van der Waals surface area (Å²) in [6.45, 7) is 7.11. The van der Waals surface area contributed by atoms with Crippen LogP contribution in [-0.4, -0.2) is 51.7 Å². The molecule has 2 unspecified atom stereocenters. The molecule has 1 fully saturated rings. The van der Waals surface area contributed by atoms with Gasteiger partial charge in [0.25, 0.3) is 5.91 Å². The molecule has 0 aliphatic carbocycles. The van der Waals surface area contributed by atoms with Crippen LogP contribution >= 0.6 is 11.3 Å². The molecular weight excluding hydrogens is 350 g/mol. The lowest BCUT2D eigenvalue weighted by molar-refractivity contribution is -0.134. The number of fused-ring (bicyclic) bond motifs is 1. The van der Waals surface area contributed by atoms with E-state index in [2.05, 4.69) is 10.4 Å². The molecule has 0 radical (unpaired) electrons. The van der Waals surface area contributed by atoms with E-state index in [9.17, 15) is 9.59 Å². The lowest BCUT2D eigenvalue weighted by Crippen LogP contribution is -2.50. The van der Waals surface area contributed by atoms with Crippen molar-refractivity contribution in [2.75, 3.05) is 13.1 Å². The summed E-state index contributed by atoms with van der Waals surface area (Å²) in [7, 11) is 1.87. The van der Waals surface area contributed by atoms with E-state index in [1.165, 1.54) is 11.3 Å². The van der Waals surface area contributed by atoms with Gasteiger partial charge in [0.1, 0.15) is 10.9 Å². The van der Waals surface area contributed by atoms with E-state index in [1.54, 1.807) is 11.6 Å². The van der Waals surface area contributed by atoms with Crippen LogP contribution in [0.3, 0.4) is 0 Å². The maximum Gasteiger partial charge on any atom is 0.262 e. The molecule has 0 saturated carbocycles. The average Bonchev–Trinajstić information content (AvgIpc) is 3.16. The number of nitrogens with one attached hydrogen (secondary N) is 1. The molecule has 3 N–H and O–H groups in total. The Morgan fingerprint density at radius 2 is 2.00 bits per heavy atom. The number of amides is 2. The second-order valence-electron chi connectivity index (χ2n) is 7.26. The van der Waals surface area contributed by atoms with Gasteiger partial charge in [-0.25, -0.2) is 0 Å². The molecule has 0 spiro atoms. The highest BCUT2D eigenvalue weighted by molar-refractivity contribution is 7.20. The van der Waals surface area contributed by atoms with Crippen LogP contribution in [-0.2, 0) is 11.8 Å². The van der Waals surface area contributed by atoms with Crippen LogP contribution in [0.4, 0.5) is 0 Å². The first-order valence-electron chi connectivity index (χ1n) is 9.06. The Hall–Kier alpha value is -1.93. The third kappa shape index (κ3) is 3.61. The molecule has 8 heteroatoms. The Bertz CT molecular complexity index is 783. The first kappa shape index (κ1) is 18.8. The zero-order valence-corrected chi connectivity index (χ0v) is 16.6. The quantitative estimate of drug-likeness (QED) is 0.847. The van der Waals surface area contributed by atoms with E-state index in [0.717, 1.165) is 28.8 Å². The number of hydrogen-bond acceptors (Lipinski definition) is 5. The molecule has 2 aromatic heterocycles. The van der Waals surface area contributed by atoms with Crippen molar-refractivity contribution in [3.63, 3.8) is 0 Å². The molecule has 26 heavy (non-hydrogen) atoms. The predicted octanol–water partition coefficient (Wildman–Crippen LogP) is 1.65. The van der Waals surface area contributed by atoms with Crippen molar-refractivity contribution in [2.45, 2.75) is 45.7 Å². The Balaban J connectivity index is 1.61. The zero-order valence-electron chi connectivity index (χ0n) is 15.8. The van der Waals surface area contributed by atoms with Gasteiger partial charge in [-0.3, -0.25) is 14.3 Å². The van der Waals surface area contributed by atoms with Gasteiger partial charge in [-0.1, -0.05) is 0 Å². The molecule has 3 heterocycles. The summed E-state index contributed by atoms with van der Waals surface area (Å²) in [5.74, 6) is 0.233. The minimum atomic E-state index is -0.543. The Morgan fingerprint density at radius 1 is 1.35 bits per heavy atom. The SMILES string of the molecule is Cc1nn(C)c2sc(C(=O)NC(C)C(=O)N3CCC(C(C)N)CC3)cc12. The van der Waals surface area contributed by atoms with E-state index >= 15 is 0 Å². The third-order valence-corrected chi connectivity index (χ3v) is 6.43. The maximum atomic E-state index is 12.6. The van der Waals surface area contributed by atoms with Gasteiger partial charge in [0.05, 0.1) is 10.6 Å². The summed E-state index contributed by atoms with van der Waals surface area (Å²) in [6, 6.07) is 1.47. The largest absolute Gasteiger partial charge is 0.341 e. The van der Waals surface area contributed by atoms with E-state index in [-0.39, 0.29) is 17.9 Å². The van der Waals surface area contributed by atoms with Crippen molar-refractivity contribution in [1.82, 2.24) is 20.0 Å². The van der Waals surface area contributed by atoms with E-state index in [4.69, 9.17) is 5.73 Å². The summed E-state index contributed by atoms with van der Waals surface area (Å²) in [5.41, 5.74) is 6.86. The predicted molar refractivity (Wildman–Crippen MR) is 103 cm³/mol. The van der Waals surface area contributed by atoms with Crippen LogP contribution in [0.15, 0.2) is 6.07 Å².